The Hall–Kier alpha value is -2.51. The van der Waals surface area contributed by atoms with Crippen molar-refractivity contribution in [2.45, 2.75) is 105 Å². The molecular weight excluding hydrogens is 532 g/mol. The highest BCUT2D eigenvalue weighted by Crippen LogP contribution is 2.39. The summed E-state index contributed by atoms with van der Waals surface area (Å²) in [7, 11) is 0. The molecule has 0 aliphatic carbocycles. The van der Waals surface area contributed by atoms with Crippen LogP contribution >= 0.6 is 11.3 Å². The van der Waals surface area contributed by atoms with Gasteiger partial charge in [0.2, 0.25) is 11.2 Å². The van der Waals surface area contributed by atoms with Gasteiger partial charge in [-0.15, -0.1) is 11.3 Å². The molecule has 6 nitrogen and oxygen atoms in total. The summed E-state index contributed by atoms with van der Waals surface area (Å²) in [4.78, 5) is 16.0. The molecule has 228 valence electrons. The van der Waals surface area contributed by atoms with E-state index >= 15 is 0 Å². The van der Waals surface area contributed by atoms with Crippen LogP contribution in [0.2, 0.25) is 0 Å². The van der Waals surface area contributed by atoms with Gasteiger partial charge in [0, 0.05) is 18.7 Å². The van der Waals surface area contributed by atoms with Crippen LogP contribution < -0.4 is 20.4 Å². The zero-order valence-electron chi connectivity index (χ0n) is 25.9. The molecule has 0 amide bonds. The minimum absolute atomic E-state index is 0.220. The molecule has 0 aliphatic heterocycles. The first-order chi connectivity index (χ1) is 20.0. The lowest BCUT2D eigenvalue weighted by molar-refractivity contribution is 0.306. The molecule has 7 heteroatoms. The van der Waals surface area contributed by atoms with Crippen LogP contribution in [-0.2, 0) is 0 Å². The van der Waals surface area contributed by atoms with Gasteiger partial charge in [0.05, 0.1) is 21.9 Å². The number of rotatable bonds is 21. The standard InChI is InChI=1S/C34H52N2O4S/c1-5-8-9-10-11-12-13-14-15-16-17-23-35-24-18-25-39-28-20-19-27-31(37)32(38)34(40-33(27)26(28)4)29-21-22-30(41-29)36(6-2)7-3/h19-22,35,38H,5-18,23-25H2,1-4H3. The van der Waals surface area contributed by atoms with E-state index in [1.165, 1.54) is 82.0 Å². The molecule has 0 atom stereocenters. The van der Waals surface area contributed by atoms with Crippen LogP contribution in [0.1, 0.15) is 103 Å². The number of aryl methyl sites for hydroxylation is 1. The highest BCUT2D eigenvalue weighted by Gasteiger charge is 2.20. The van der Waals surface area contributed by atoms with E-state index in [-0.39, 0.29) is 11.5 Å². The smallest absolute Gasteiger partial charge is 0.235 e. The zero-order chi connectivity index (χ0) is 29.5. The van der Waals surface area contributed by atoms with Gasteiger partial charge in [0.25, 0.3) is 0 Å². The molecule has 0 radical (unpaired) electrons. The number of ether oxygens (including phenoxy) is 1. The molecule has 0 unspecified atom stereocenters. The number of hydrogen-bond donors (Lipinski definition) is 2. The lowest BCUT2D eigenvalue weighted by atomic mass is 10.1. The second-order valence-electron chi connectivity index (χ2n) is 11.0. The van der Waals surface area contributed by atoms with Gasteiger partial charge in [0.1, 0.15) is 11.3 Å². The fourth-order valence-corrected chi connectivity index (χ4v) is 6.38. The summed E-state index contributed by atoms with van der Waals surface area (Å²) >= 11 is 1.51. The van der Waals surface area contributed by atoms with Crippen LogP contribution in [0, 0.1) is 6.92 Å². The van der Waals surface area contributed by atoms with Gasteiger partial charge in [-0.1, -0.05) is 71.1 Å². The van der Waals surface area contributed by atoms with Crippen LogP contribution in [0.5, 0.6) is 11.5 Å². The third kappa shape index (κ3) is 9.78. The van der Waals surface area contributed by atoms with E-state index in [4.69, 9.17) is 9.15 Å². The predicted molar refractivity (Wildman–Crippen MR) is 175 cm³/mol. The van der Waals surface area contributed by atoms with Gasteiger partial charge in [-0.2, -0.15) is 0 Å². The van der Waals surface area contributed by atoms with Crippen molar-refractivity contribution in [3.63, 3.8) is 0 Å². The largest absolute Gasteiger partial charge is 0.501 e. The Morgan fingerprint density at radius 2 is 1.49 bits per heavy atom. The van der Waals surface area contributed by atoms with E-state index < -0.39 is 5.43 Å². The van der Waals surface area contributed by atoms with Crippen molar-refractivity contribution in [2.24, 2.45) is 0 Å². The summed E-state index contributed by atoms with van der Waals surface area (Å²) in [5, 5.41) is 15.7. The molecule has 2 N–H and O–H groups in total. The van der Waals surface area contributed by atoms with Gasteiger partial charge < -0.3 is 24.5 Å². The average Bonchev–Trinajstić information content (AvgIpc) is 3.46. The Morgan fingerprint density at radius 3 is 2.15 bits per heavy atom. The Labute approximate surface area is 251 Å². The van der Waals surface area contributed by atoms with Crippen LogP contribution in [0.4, 0.5) is 5.00 Å². The molecule has 0 aliphatic rings. The molecule has 3 rings (SSSR count). The van der Waals surface area contributed by atoms with Gasteiger partial charge in [-0.3, -0.25) is 4.79 Å². The van der Waals surface area contributed by atoms with Crippen molar-refractivity contribution >= 4 is 27.3 Å². The van der Waals surface area contributed by atoms with Gasteiger partial charge >= 0.3 is 0 Å². The number of unbranched alkanes of at least 4 members (excludes halogenated alkanes) is 10. The molecular formula is C34H52N2O4S. The monoisotopic (exact) mass is 584 g/mol. The third-order valence-corrected chi connectivity index (χ3v) is 8.98. The number of aromatic hydroxyl groups is 1. The summed E-state index contributed by atoms with van der Waals surface area (Å²) in [5.41, 5.74) is 0.822. The van der Waals surface area contributed by atoms with Crippen molar-refractivity contribution in [1.82, 2.24) is 5.32 Å². The maximum atomic E-state index is 13.0. The Kier molecular flexibility index (Phi) is 14.6. The molecule has 1 aromatic carbocycles. The predicted octanol–water partition coefficient (Wildman–Crippen LogP) is 9.05. The first-order valence-corrected chi connectivity index (χ1v) is 16.8. The second-order valence-corrected chi connectivity index (χ2v) is 12.0. The van der Waals surface area contributed by atoms with E-state index in [0.29, 0.717) is 23.3 Å². The molecule has 0 fully saturated rings. The normalized spacial score (nSPS) is 11.4. The van der Waals surface area contributed by atoms with Crippen LogP contribution in [0.15, 0.2) is 33.5 Å². The van der Waals surface area contributed by atoms with E-state index in [2.05, 4.69) is 31.0 Å². The maximum absolute atomic E-state index is 13.0. The highest BCUT2D eigenvalue weighted by molar-refractivity contribution is 7.19. The molecule has 2 heterocycles. The van der Waals surface area contributed by atoms with Crippen molar-refractivity contribution in [3.8, 4) is 22.1 Å². The minimum Gasteiger partial charge on any atom is -0.501 e. The molecule has 41 heavy (non-hydrogen) atoms. The van der Waals surface area contributed by atoms with Crippen LogP contribution in [0.3, 0.4) is 0 Å². The zero-order valence-corrected chi connectivity index (χ0v) is 26.7. The number of anilines is 1. The van der Waals surface area contributed by atoms with Crippen LogP contribution in [0.25, 0.3) is 21.6 Å². The fourth-order valence-electron chi connectivity index (χ4n) is 5.26. The number of nitrogens with one attached hydrogen (secondary N) is 1. The highest BCUT2D eigenvalue weighted by atomic mass is 32.1. The molecule has 0 saturated heterocycles. The first kappa shape index (κ1) is 33.0. The van der Waals surface area contributed by atoms with E-state index in [9.17, 15) is 9.90 Å². The number of fused-ring (bicyclic) bond motifs is 1. The Morgan fingerprint density at radius 1 is 0.854 bits per heavy atom. The van der Waals surface area contributed by atoms with E-state index in [1.807, 2.05) is 19.1 Å². The molecule has 3 aromatic rings. The topological polar surface area (TPSA) is 74.9 Å². The summed E-state index contributed by atoms with van der Waals surface area (Å²) in [6.45, 7) is 12.7. The fraction of sp³-hybridized carbons (Fsp3) is 0.618. The molecule has 0 spiro atoms. The quantitative estimate of drug-likeness (QED) is 0.122. The first-order valence-electron chi connectivity index (χ1n) is 16.0. The minimum atomic E-state index is -0.416. The van der Waals surface area contributed by atoms with Crippen molar-refractivity contribution in [3.05, 3.63) is 40.1 Å². The van der Waals surface area contributed by atoms with Crippen molar-refractivity contribution < 1.29 is 14.3 Å². The maximum Gasteiger partial charge on any atom is 0.235 e. The summed E-state index contributed by atoms with van der Waals surface area (Å²) in [5.74, 6) is 0.581. The number of benzene rings is 1. The van der Waals surface area contributed by atoms with Crippen LogP contribution in [-0.4, -0.2) is 37.9 Å². The molecule has 2 aromatic heterocycles. The summed E-state index contributed by atoms with van der Waals surface area (Å²) in [6, 6.07) is 7.40. The number of thiophene rings is 1. The van der Waals surface area contributed by atoms with E-state index in [0.717, 1.165) is 48.0 Å². The molecule has 0 bridgehead atoms. The summed E-state index contributed by atoms with van der Waals surface area (Å²) in [6.07, 6.45) is 15.9. The molecule has 0 saturated carbocycles. The van der Waals surface area contributed by atoms with Crippen molar-refractivity contribution in [1.29, 1.82) is 0 Å². The third-order valence-electron chi connectivity index (χ3n) is 7.84. The van der Waals surface area contributed by atoms with E-state index in [1.54, 1.807) is 12.1 Å². The van der Waals surface area contributed by atoms with Crippen molar-refractivity contribution in [2.75, 3.05) is 37.7 Å². The van der Waals surface area contributed by atoms with Gasteiger partial charge in [-0.05, 0) is 71.0 Å². The Bertz CT molecular complexity index is 1230. The Balaban J connectivity index is 1.42. The van der Waals surface area contributed by atoms with Gasteiger partial charge in [-0.25, -0.2) is 0 Å². The summed E-state index contributed by atoms with van der Waals surface area (Å²) < 4.78 is 12.2. The lowest BCUT2D eigenvalue weighted by Gasteiger charge is -2.18. The number of nitrogens with zero attached hydrogens (tertiary/aromatic N) is 1. The number of hydrogen-bond acceptors (Lipinski definition) is 7. The average molecular weight is 585 g/mol. The lowest BCUT2D eigenvalue weighted by Crippen LogP contribution is -2.20. The van der Waals surface area contributed by atoms with Gasteiger partial charge in [0.15, 0.2) is 5.76 Å². The SMILES string of the molecule is CCCCCCCCCCCCCNCCCOc1ccc2c(=O)c(O)c(-c3ccc(N(CC)CC)s3)oc2c1C. The second kappa shape index (κ2) is 18.1.